The molecule has 0 bridgehead atoms. The molecule has 0 aliphatic carbocycles. The Morgan fingerprint density at radius 2 is 2.20 bits per heavy atom. The van der Waals surface area contributed by atoms with Gasteiger partial charge in [-0.05, 0) is 24.5 Å². The SMILES string of the molecule is CC(C)CC(CO)NS(=O)(=O)c1c[nH]c2ncccc12. The average Bonchev–Trinajstić information content (AvgIpc) is 2.81. The number of H-pyrrole nitrogens is 1. The maximum absolute atomic E-state index is 12.4. The molecule has 1 unspecified atom stereocenters. The molecule has 2 heterocycles. The molecule has 20 heavy (non-hydrogen) atoms. The summed E-state index contributed by atoms with van der Waals surface area (Å²) in [4.78, 5) is 7.05. The number of aliphatic hydroxyl groups is 1. The number of pyridine rings is 1. The zero-order valence-corrected chi connectivity index (χ0v) is 12.3. The molecule has 2 rings (SSSR count). The number of hydrogen-bond donors (Lipinski definition) is 3. The van der Waals surface area contributed by atoms with Crippen molar-refractivity contribution in [3.8, 4) is 0 Å². The minimum atomic E-state index is -3.68. The molecule has 2 aromatic heterocycles. The Morgan fingerprint density at radius 3 is 2.85 bits per heavy atom. The molecule has 3 N–H and O–H groups in total. The van der Waals surface area contributed by atoms with E-state index in [4.69, 9.17) is 0 Å². The Labute approximate surface area is 118 Å². The minimum absolute atomic E-state index is 0.155. The Kier molecular flexibility index (Phi) is 4.42. The van der Waals surface area contributed by atoms with Gasteiger partial charge in [0.25, 0.3) is 0 Å². The number of aliphatic hydroxyl groups excluding tert-OH is 1. The first-order chi connectivity index (χ1) is 9.44. The van der Waals surface area contributed by atoms with Gasteiger partial charge in [-0.25, -0.2) is 18.1 Å². The molecule has 110 valence electrons. The van der Waals surface area contributed by atoms with Crippen LogP contribution in [-0.2, 0) is 10.0 Å². The van der Waals surface area contributed by atoms with E-state index in [1.54, 1.807) is 18.3 Å². The summed E-state index contributed by atoms with van der Waals surface area (Å²) in [7, 11) is -3.68. The van der Waals surface area contributed by atoms with Gasteiger partial charge in [0, 0.05) is 23.8 Å². The van der Waals surface area contributed by atoms with Crippen LogP contribution >= 0.6 is 0 Å². The largest absolute Gasteiger partial charge is 0.395 e. The lowest BCUT2D eigenvalue weighted by atomic mass is 10.1. The maximum atomic E-state index is 12.4. The summed E-state index contributed by atoms with van der Waals surface area (Å²) >= 11 is 0. The topological polar surface area (TPSA) is 95.1 Å². The number of hydrogen-bond acceptors (Lipinski definition) is 4. The smallest absolute Gasteiger partial charge is 0.243 e. The van der Waals surface area contributed by atoms with Crippen LogP contribution in [0.3, 0.4) is 0 Å². The molecule has 0 radical (unpaired) electrons. The molecule has 0 aromatic carbocycles. The number of nitrogens with one attached hydrogen (secondary N) is 2. The lowest BCUT2D eigenvalue weighted by molar-refractivity contribution is 0.240. The fourth-order valence-electron chi connectivity index (χ4n) is 2.16. The lowest BCUT2D eigenvalue weighted by Crippen LogP contribution is -2.38. The number of nitrogens with zero attached hydrogens (tertiary/aromatic N) is 1. The van der Waals surface area contributed by atoms with Gasteiger partial charge in [0.2, 0.25) is 10.0 Å². The summed E-state index contributed by atoms with van der Waals surface area (Å²) in [6.07, 6.45) is 3.60. The summed E-state index contributed by atoms with van der Waals surface area (Å²) in [6, 6.07) is 2.90. The molecule has 6 nitrogen and oxygen atoms in total. The van der Waals surface area contributed by atoms with Gasteiger partial charge in [-0.2, -0.15) is 0 Å². The van der Waals surface area contributed by atoms with E-state index >= 15 is 0 Å². The minimum Gasteiger partial charge on any atom is -0.395 e. The van der Waals surface area contributed by atoms with Crippen molar-refractivity contribution in [2.45, 2.75) is 31.2 Å². The molecule has 0 saturated carbocycles. The molecular weight excluding hydrogens is 278 g/mol. The van der Waals surface area contributed by atoms with Gasteiger partial charge in [-0.1, -0.05) is 13.8 Å². The first-order valence-corrected chi connectivity index (χ1v) is 7.97. The zero-order valence-electron chi connectivity index (χ0n) is 11.5. The van der Waals surface area contributed by atoms with Crippen LogP contribution in [0.5, 0.6) is 0 Å². The summed E-state index contributed by atoms with van der Waals surface area (Å²) in [6.45, 7) is 3.73. The van der Waals surface area contributed by atoms with E-state index in [9.17, 15) is 13.5 Å². The Morgan fingerprint density at radius 1 is 1.45 bits per heavy atom. The van der Waals surface area contributed by atoms with E-state index in [2.05, 4.69) is 14.7 Å². The van der Waals surface area contributed by atoms with Crippen LogP contribution in [0.15, 0.2) is 29.4 Å². The van der Waals surface area contributed by atoms with E-state index in [1.165, 1.54) is 6.20 Å². The van der Waals surface area contributed by atoms with E-state index in [0.29, 0.717) is 23.4 Å². The van der Waals surface area contributed by atoms with Gasteiger partial charge in [0.05, 0.1) is 6.61 Å². The Bertz CT molecular complexity index is 679. The zero-order chi connectivity index (χ0) is 14.8. The van der Waals surface area contributed by atoms with Crippen LogP contribution in [0, 0.1) is 5.92 Å². The van der Waals surface area contributed by atoms with Crippen molar-refractivity contribution >= 4 is 21.1 Å². The summed E-state index contributed by atoms with van der Waals surface area (Å²) < 4.78 is 27.3. The van der Waals surface area contributed by atoms with Gasteiger partial charge in [-0.15, -0.1) is 0 Å². The predicted molar refractivity (Wildman–Crippen MR) is 76.7 cm³/mol. The normalized spacial score (nSPS) is 14.0. The van der Waals surface area contributed by atoms with Crippen LogP contribution in [0.4, 0.5) is 0 Å². The highest BCUT2D eigenvalue weighted by Crippen LogP contribution is 2.21. The first kappa shape index (κ1) is 15.0. The monoisotopic (exact) mass is 297 g/mol. The van der Waals surface area contributed by atoms with E-state index in [0.717, 1.165) is 0 Å². The highest BCUT2D eigenvalue weighted by molar-refractivity contribution is 7.89. The second-order valence-electron chi connectivity index (χ2n) is 5.18. The van der Waals surface area contributed by atoms with Crippen LogP contribution < -0.4 is 4.72 Å². The van der Waals surface area contributed by atoms with E-state index in [1.807, 2.05) is 13.8 Å². The Balaban J connectivity index is 2.30. The lowest BCUT2D eigenvalue weighted by Gasteiger charge is -2.17. The van der Waals surface area contributed by atoms with Crippen LogP contribution in [-0.4, -0.2) is 36.1 Å². The highest BCUT2D eigenvalue weighted by Gasteiger charge is 2.23. The highest BCUT2D eigenvalue weighted by atomic mass is 32.2. The molecule has 0 saturated heterocycles. The second-order valence-corrected chi connectivity index (χ2v) is 6.87. The van der Waals surface area contributed by atoms with Gasteiger partial charge in [0.1, 0.15) is 10.5 Å². The fourth-order valence-corrected chi connectivity index (χ4v) is 3.57. The molecule has 2 aromatic rings. The molecule has 7 heteroatoms. The second kappa shape index (κ2) is 5.90. The number of aromatic amines is 1. The quantitative estimate of drug-likeness (QED) is 0.747. The Hall–Kier alpha value is -1.44. The first-order valence-electron chi connectivity index (χ1n) is 6.49. The van der Waals surface area contributed by atoms with Crippen LogP contribution in [0.1, 0.15) is 20.3 Å². The van der Waals surface area contributed by atoms with Crippen molar-refractivity contribution in [1.82, 2.24) is 14.7 Å². The van der Waals surface area contributed by atoms with Crippen molar-refractivity contribution in [1.29, 1.82) is 0 Å². The molecule has 0 amide bonds. The summed E-state index contributed by atoms with van der Waals surface area (Å²) in [5.41, 5.74) is 0.525. The standard InChI is InChI=1S/C13H19N3O3S/c1-9(2)6-10(8-17)16-20(18,19)12-7-15-13-11(12)4-3-5-14-13/h3-5,7,9-10,16-17H,6,8H2,1-2H3,(H,14,15). The molecule has 0 aliphatic rings. The van der Waals surface area contributed by atoms with Crippen molar-refractivity contribution in [3.05, 3.63) is 24.5 Å². The average molecular weight is 297 g/mol. The number of sulfonamides is 1. The molecule has 0 fully saturated rings. The van der Waals surface area contributed by atoms with Crippen molar-refractivity contribution in [2.24, 2.45) is 5.92 Å². The van der Waals surface area contributed by atoms with Crippen LogP contribution in [0.2, 0.25) is 0 Å². The summed E-state index contributed by atoms with van der Waals surface area (Å²) in [5, 5.41) is 9.84. The van der Waals surface area contributed by atoms with E-state index in [-0.39, 0.29) is 11.5 Å². The predicted octanol–water partition coefficient (Wildman–Crippen LogP) is 1.25. The fraction of sp³-hybridized carbons (Fsp3) is 0.462. The van der Waals surface area contributed by atoms with Gasteiger partial charge in [0.15, 0.2) is 0 Å². The number of fused-ring (bicyclic) bond motifs is 1. The summed E-state index contributed by atoms with van der Waals surface area (Å²) in [5.74, 6) is 0.291. The number of aromatic nitrogens is 2. The molecule has 0 aliphatic heterocycles. The van der Waals surface area contributed by atoms with Crippen molar-refractivity contribution in [3.63, 3.8) is 0 Å². The van der Waals surface area contributed by atoms with E-state index < -0.39 is 16.1 Å². The van der Waals surface area contributed by atoms with Gasteiger partial charge < -0.3 is 10.1 Å². The van der Waals surface area contributed by atoms with Crippen LogP contribution in [0.25, 0.3) is 11.0 Å². The van der Waals surface area contributed by atoms with Crippen molar-refractivity contribution in [2.75, 3.05) is 6.61 Å². The molecule has 0 spiro atoms. The number of rotatable bonds is 6. The third-order valence-corrected chi connectivity index (χ3v) is 4.56. The van der Waals surface area contributed by atoms with Gasteiger partial charge in [-0.3, -0.25) is 0 Å². The van der Waals surface area contributed by atoms with Gasteiger partial charge >= 0.3 is 0 Å². The maximum Gasteiger partial charge on any atom is 0.243 e. The molecular formula is C13H19N3O3S. The third-order valence-electron chi connectivity index (χ3n) is 3.00. The van der Waals surface area contributed by atoms with Crippen molar-refractivity contribution < 1.29 is 13.5 Å². The molecule has 1 atom stereocenters. The third kappa shape index (κ3) is 3.17.